The third kappa shape index (κ3) is 12.3. The van der Waals surface area contributed by atoms with Gasteiger partial charge in [-0.3, -0.25) is 0 Å². The summed E-state index contributed by atoms with van der Waals surface area (Å²) in [5, 5.41) is 6.25. The van der Waals surface area contributed by atoms with Crippen LogP contribution in [0.2, 0.25) is 0 Å². The molecule has 0 heterocycles. The second-order valence-corrected chi connectivity index (χ2v) is 14.8. The molecule has 1 aliphatic rings. The summed E-state index contributed by atoms with van der Waals surface area (Å²) in [5.74, 6) is 1.31. The molecule has 1 aliphatic carbocycles. The van der Waals surface area contributed by atoms with Crippen molar-refractivity contribution in [2.75, 3.05) is 6.54 Å². The predicted molar refractivity (Wildman–Crippen MR) is 190 cm³/mol. The Hall–Kier alpha value is -3.02. The van der Waals surface area contributed by atoms with E-state index in [0.29, 0.717) is 18.0 Å². The van der Waals surface area contributed by atoms with E-state index in [1.807, 2.05) is 12.1 Å². The van der Waals surface area contributed by atoms with Crippen molar-refractivity contribution < 1.29 is 19.1 Å². The number of benzene rings is 2. The van der Waals surface area contributed by atoms with Crippen LogP contribution < -0.4 is 20.1 Å². The smallest absolute Gasteiger partial charge is 0.410 e. The Balaban J connectivity index is 1.62. The molecule has 0 aliphatic heterocycles. The molecule has 6 heteroatoms. The van der Waals surface area contributed by atoms with Crippen LogP contribution in [0.5, 0.6) is 11.5 Å². The van der Waals surface area contributed by atoms with Gasteiger partial charge in [0, 0.05) is 12.6 Å². The van der Waals surface area contributed by atoms with Crippen LogP contribution in [-0.4, -0.2) is 24.8 Å². The topological polar surface area (TPSA) is 76.7 Å². The summed E-state index contributed by atoms with van der Waals surface area (Å²) in [7, 11) is 0. The van der Waals surface area contributed by atoms with Gasteiger partial charge in [-0.1, -0.05) is 98.4 Å². The molecule has 2 atom stereocenters. The van der Waals surface area contributed by atoms with Gasteiger partial charge in [-0.25, -0.2) is 9.59 Å². The van der Waals surface area contributed by atoms with Gasteiger partial charge in [0.25, 0.3) is 0 Å². The first-order valence-corrected chi connectivity index (χ1v) is 18.2. The summed E-state index contributed by atoms with van der Waals surface area (Å²) < 4.78 is 11.8. The highest BCUT2D eigenvalue weighted by Crippen LogP contribution is 2.46. The first-order chi connectivity index (χ1) is 22.0. The number of hydrogen-bond acceptors (Lipinski definition) is 4. The lowest BCUT2D eigenvalue weighted by atomic mass is 9.62. The van der Waals surface area contributed by atoms with Crippen molar-refractivity contribution in [3.63, 3.8) is 0 Å². The van der Waals surface area contributed by atoms with E-state index in [9.17, 15) is 9.59 Å². The molecule has 2 N–H and O–H groups in total. The monoisotopic (exact) mass is 634 g/mol. The van der Waals surface area contributed by atoms with Gasteiger partial charge in [-0.05, 0) is 116 Å². The molecule has 2 aromatic rings. The SMILES string of the molecule is CCCCc1ccc(OC(=O)NCC2(C)CC(NC(=O)Oc3ccc(CCCC)cc3CCCC)CC(C)(C)C2)c(CCCC)c1. The molecular weight excluding hydrogens is 572 g/mol. The van der Waals surface area contributed by atoms with Crippen LogP contribution in [0.1, 0.15) is 141 Å². The molecule has 0 spiro atoms. The molecule has 0 aromatic heterocycles. The van der Waals surface area contributed by atoms with Gasteiger partial charge in [0.15, 0.2) is 0 Å². The fourth-order valence-corrected chi connectivity index (χ4v) is 7.25. The zero-order valence-corrected chi connectivity index (χ0v) is 30.0. The first-order valence-electron chi connectivity index (χ1n) is 18.2. The van der Waals surface area contributed by atoms with Gasteiger partial charge >= 0.3 is 12.2 Å². The zero-order chi connectivity index (χ0) is 33.6. The van der Waals surface area contributed by atoms with E-state index in [1.54, 1.807) is 0 Å². The summed E-state index contributed by atoms with van der Waals surface area (Å²) in [6, 6.07) is 12.5. The molecular formula is C40H62N2O4. The molecule has 1 saturated carbocycles. The summed E-state index contributed by atoms with van der Waals surface area (Å²) in [6.45, 7) is 15.9. The Morgan fingerprint density at radius 2 is 1.17 bits per heavy atom. The molecule has 3 rings (SSSR count). The number of hydrogen-bond donors (Lipinski definition) is 2. The predicted octanol–water partition coefficient (Wildman–Crippen LogP) is 10.5. The van der Waals surface area contributed by atoms with Crippen molar-refractivity contribution in [3.05, 3.63) is 58.7 Å². The maximum atomic E-state index is 13.2. The third-order valence-corrected chi connectivity index (χ3v) is 9.32. The van der Waals surface area contributed by atoms with Crippen molar-refractivity contribution >= 4 is 12.2 Å². The average molecular weight is 635 g/mol. The summed E-state index contributed by atoms with van der Waals surface area (Å²) in [5.41, 5.74) is 4.60. The molecule has 6 nitrogen and oxygen atoms in total. The number of rotatable bonds is 17. The van der Waals surface area contributed by atoms with E-state index < -0.39 is 12.2 Å². The zero-order valence-electron chi connectivity index (χ0n) is 30.0. The number of ether oxygens (including phenoxy) is 2. The quantitative estimate of drug-likeness (QED) is 0.181. The lowest BCUT2D eigenvalue weighted by Gasteiger charge is -2.46. The van der Waals surface area contributed by atoms with Crippen LogP contribution in [0, 0.1) is 10.8 Å². The first kappa shape index (κ1) is 37.4. The van der Waals surface area contributed by atoms with Crippen molar-refractivity contribution in [2.24, 2.45) is 10.8 Å². The summed E-state index contributed by atoms with van der Waals surface area (Å²) in [6.07, 6.45) is 14.5. The Morgan fingerprint density at radius 1 is 0.696 bits per heavy atom. The van der Waals surface area contributed by atoms with Crippen LogP contribution in [0.4, 0.5) is 9.59 Å². The highest BCUT2D eigenvalue weighted by molar-refractivity contribution is 5.72. The maximum absolute atomic E-state index is 13.2. The van der Waals surface area contributed by atoms with E-state index in [4.69, 9.17) is 9.47 Å². The number of carbonyl (C=O) groups is 2. The van der Waals surface area contributed by atoms with Crippen LogP contribution in [0.3, 0.4) is 0 Å². The Bertz CT molecular complexity index is 1260. The molecule has 256 valence electrons. The van der Waals surface area contributed by atoms with Gasteiger partial charge in [-0.2, -0.15) is 0 Å². The average Bonchev–Trinajstić information content (AvgIpc) is 3.00. The Kier molecular flexibility index (Phi) is 14.9. The molecule has 1 fully saturated rings. The van der Waals surface area contributed by atoms with Crippen molar-refractivity contribution in [3.8, 4) is 11.5 Å². The minimum Gasteiger partial charge on any atom is -0.410 e. The van der Waals surface area contributed by atoms with E-state index in [2.05, 4.69) is 83.4 Å². The van der Waals surface area contributed by atoms with Crippen molar-refractivity contribution in [2.45, 2.75) is 151 Å². The van der Waals surface area contributed by atoms with Gasteiger partial charge in [0.1, 0.15) is 11.5 Å². The fraction of sp³-hybridized carbons (Fsp3) is 0.650. The fourth-order valence-electron chi connectivity index (χ4n) is 7.25. The number of amides is 2. The van der Waals surface area contributed by atoms with E-state index in [-0.39, 0.29) is 16.9 Å². The second kappa shape index (κ2) is 18.4. The molecule has 46 heavy (non-hydrogen) atoms. The van der Waals surface area contributed by atoms with E-state index in [1.165, 1.54) is 11.1 Å². The lowest BCUT2D eigenvalue weighted by molar-refractivity contribution is 0.0701. The number of carbonyl (C=O) groups excluding carboxylic acids is 2. The molecule has 0 bridgehead atoms. The summed E-state index contributed by atoms with van der Waals surface area (Å²) >= 11 is 0. The Morgan fingerprint density at radius 3 is 1.67 bits per heavy atom. The standard InChI is InChI=1S/C40H62N2O4/c1-8-12-16-30-20-22-35(32(24-30)18-14-10-3)45-37(43)41-29-40(7)27-34(26-39(5,6)28-40)42-38(44)46-36-23-21-31(17-13-9-2)25-33(36)19-15-11-4/h20-25,34H,8-19,26-29H2,1-7H3,(H,41,43)(H,42,44). The molecule has 0 radical (unpaired) electrons. The number of unbranched alkanes of at least 4 members (excludes halogenated alkanes) is 4. The lowest BCUT2D eigenvalue weighted by Crippen LogP contribution is -2.51. The van der Waals surface area contributed by atoms with E-state index >= 15 is 0 Å². The summed E-state index contributed by atoms with van der Waals surface area (Å²) in [4.78, 5) is 26.3. The van der Waals surface area contributed by atoms with Crippen molar-refractivity contribution in [1.29, 1.82) is 0 Å². The highest BCUT2D eigenvalue weighted by Gasteiger charge is 2.42. The van der Waals surface area contributed by atoms with Gasteiger partial charge in [0.05, 0.1) is 0 Å². The molecule has 2 unspecified atom stereocenters. The van der Waals surface area contributed by atoms with Crippen LogP contribution in [0.15, 0.2) is 36.4 Å². The van der Waals surface area contributed by atoms with Crippen molar-refractivity contribution in [1.82, 2.24) is 10.6 Å². The van der Waals surface area contributed by atoms with Gasteiger partial charge in [0.2, 0.25) is 0 Å². The minimum atomic E-state index is -0.422. The normalized spacial score (nSPS) is 19.0. The minimum absolute atomic E-state index is 0.00855. The van der Waals surface area contributed by atoms with Gasteiger partial charge in [-0.15, -0.1) is 0 Å². The van der Waals surface area contributed by atoms with E-state index in [0.717, 1.165) is 107 Å². The largest absolute Gasteiger partial charge is 0.412 e. The molecule has 2 aromatic carbocycles. The third-order valence-electron chi connectivity index (χ3n) is 9.32. The Labute approximate surface area is 279 Å². The molecule has 2 amide bonds. The van der Waals surface area contributed by atoms with Crippen LogP contribution >= 0.6 is 0 Å². The molecule has 0 saturated heterocycles. The highest BCUT2D eigenvalue weighted by atomic mass is 16.6. The van der Waals surface area contributed by atoms with Crippen LogP contribution in [0.25, 0.3) is 0 Å². The van der Waals surface area contributed by atoms with Gasteiger partial charge < -0.3 is 20.1 Å². The maximum Gasteiger partial charge on any atom is 0.412 e. The second-order valence-electron chi connectivity index (χ2n) is 14.8. The van der Waals surface area contributed by atoms with Crippen LogP contribution in [-0.2, 0) is 25.7 Å². The number of aryl methyl sites for hydroxylation is 4. The number of nitrogens with one attached hydrogen (secondary N) is 2.